The maximum absolute atomic E-state index is 12.9. The summed E-state index contributed by atoms with van der Waals surface area (Å²) >= 11 is 0. The van der Waals surface area contributed by atoms with Gasteiger partial charge in [0.05, 0.1) is 17.4 Å². The minimum absolute atomic E-state index is 0.0907. The van der Waals surface area contributed by atoms with Crippen molar-refractivity contribution >= 4 is 11.7 Å². The fourth-order valence-corrected chi connectivity index (χ4v) is 1.86. The van der Waals surface area contributed by atoms with Gasteiger partial charge in [-0.25, -0.2) is 9.18 Å². The van der Waals surface area contributed by atoms with Gasteiger partial charge < -0.3 is 15.7 Å². The molecule has 1 unspecified atom stereocenters. The zero-order valence-corrected chi connectivity index (χ0v) is 12.2. The van der Waals surface area contributed by atoms with E-state index in [0.29, 0.717) is 12.5 Å². The van der Waals surface area contributed by atoms with E-state index in [2.05, 4.69) is 5.32 Å². The molecule has 8 heteroatoms. The molecule has 3 N–H and O–H groups in total. The molecule has 1 rings (SSSR count). The maximum Gasteiger partial charge on any atom is 0.418 e. The Hall–Kier alpha value is -1.83. The summed E-state index contributed by atoms with van der Waals surface area (Å²) in [6.07, 6.45) is -5.13. The zero-order valence-electron chi connectivity index (χ0n) is 12.2. The smallest absolute Gasteiger partial charge is 0.391 e. The number of hydrogen-bond acceptors (Lipinski definition) is 2. The molecule has 0 aliphatic carbocycles. The van der Waals surface area contributed by atoms with Gasteiger partial charge in [0.25, 0.3) is 0 Å². The molecule has 0 saturated carbocycles. The summed E-state index contributed by atoms with van der Waals surface area (Å²) < 4.78 is 51.2. The number of hydrogen-bond donors (Lipinski definition) is 3. The molecule has 0 heterocycles. The van der Waals surface area contributed by atoms with Crippen molar-refractivity contribution in [2.75, 3.05) is 11.9 Å². The average Bonchev–Trinajstić information content (AvgIpc) is 2.36. The third-order valence-corrected chi connectivity index (χ3v) is 2.78. The van der Waals surface area contributed by atoms with Crippen molar-refractivity contribution in [3.05, 3.63) is 29.6 Å². The van der Waals surface area contributed by atoms with Gasteiger partial charge in [-0.1, -0.05) is 13.8 Å². The minimum Gasteiger partial charge on any atom is -0.391 e. The molecule has 2 amide bonds. The highest BCUT2D eigenvalue weighted by atomic mass is 19.4. The third kappa shape index (κ3) is 5.88. The van der Waals surface area contributed by atoms with Crippen LogP contribution in [0.15, 0.2) is 18.2 Å². The summed E-state index contributed by atoms with van der Waals surface area (Å²) in [5, 5.41) is 13.9. The first-order valence-electron chi connectivity index (χ1n) is 6.69. The van der Waals surface area contributed by atoms with Crippen LogP contribution in [0.4, 0.5) is 28.0 Å². The van der Waals surface area contributed by atoms with Crippen LogP contribution < -0.4 is 10.6 Å². The molecule has 0 radical (unpaired) electrons. The Morgan fingerprint density at radius 2 is 1.95 bits per heavy atom. The Bertz CT molecular complexity index is 518. The van der Waals surface area contributed by atoms with Crippen molar-refractivity contribution in [3.63, 3.8) is 0 Å². The monoisotopic (exact) mass is 322 g/mol. The molecular formula is C14H18F4N2O2. The van der Waals surface area contributed by atoms with Crippen LogP contribution in [0, 0.1) is 11.7 Å². The number of carbonyl (C=O) groups is 1. The first-order valence-corrected chi connectivity index (χ1v) is 6.69. The van der Waals surface area contributed by atoms with Gasteiger partial charge in [0.15, 0.2) is 0 Å². The standard InChI is InChI=1S/C14H18F4N2O2/c1-8(2)5-10(21)7-19-13(22)20-12-4-3-9(15)6-11(12)14(16,17)18/h3-4,6,8,10,21H,5,7H2,1-2H3,(H2,19,20,22). The third-order valence-electron chi connectivity index (χ3n) is 2.78. The van der Waals surface area contributed by atoms with E-state index >= 15 is 0 Å². The normalized spacial score (nSPS) is 13.1. The van der Waals surface area contributed by atoms with Gasteiger partial charge in [0.2, 0.25) is 0 Å². The first-order chi connectivity index (χ1) is 10.1. The van der Waals surface area contributed by atoms with Gasteiger partial charge in [0.1, 0.15) is 5.82 Å². The van der Waals surface area contributed by atoms with E-state index in [1.807, 2.05) is 19.2 Å². The van der Waals surface area contributed by atoms with Crippen molar-refractivity contribution in [3.8, 4) is 0 Å². The van der Waals surface area contributed by atoms with E-state index in [1.165, 1.54) is 0 Å². The summed E-state index contributed by atoms with van der Waals surface area (Å²) in [5.41, 5.74) is -1.82. The maximum atomic E-state index is 12.9. The molecule has 0 fully saturated rings. The molecule has 124 valence electrons. The van der Waals surface area contributed by atoms with Crippen LogP contribution in [0.25, 0.3) is 0 Å². The highest BCUT2D eigenvalue weighted by Gasteiger charge is 2.34. The van der Waals surface area contributed by atoms with Gasteiger partial charge in [0, 0.05) is 6.54 Å². The predicted molar refractivity (Wildman–Crippen MR) is 73.9 cm³/mol. The molecule has 0 bridgehead atoms. The second kappa shape index (κ2) is 7.44. The van der Waals surface area contributed by atoms with Crippen LogP contribution >= 0.6 is 0 Å². The van der Waals surface area contributed by atoms with Crippen molar-refractivity contribution in [1.29, 1.82) is 0 Å². The molecular weight excluding hydrogens is 304 g/mol. The molecule has 22 heavy (non-hydrogen) atoms. The van der Waals surface area contributed by atoms with Crippen LogP contribution in [-0.4, -0.2) is 23.8 Å². The Labute approximate surface area is 125 Å². The Morgan fingerprint density at radius 3 is 2.50 bits per heavy atom. The van der Waals surface area contributed by atoms with E-state index in [0.717, 1.165) is 12.1 Å². The average molecular weight is 322 g/mol. The second-order valence-corrected chi connectivity index (χ2v) is 5.31. The lowest BCUT2D eigenvalue weighted by Crippen LogP contribution is -2.36. The molecule has 4 nitrogen and oxygen atoms in total. The highest BCUT2D eigenvalue weighted by Crippen LogP contribution is 2.35. The number of carbonyl (C=O) groups excluding carboxylic acids is 1. The van der Waals surface area contributed by atoms with E-state index < -0.39 is 35.4 Å². The molecule has 1 aromatic carbocycles. The predicted octanol–water partition coefficient (Wildman–Crippen LogP) is 3.37. The van der Waals surface area contributed by atoms with Gasteiger partial charge in [-0.3, -0.25) is 0 Å². The van der Waals surface area contributed by atoms with Gasteiger partial charge in [-0.15, -0.1) is 0 Å². The summed E-state index contributed by atoms with van der Waals surface area (Å²) in [6, 6.07) is 1.06. The number of alkyl halides is 3. The quantitative estimate of drug-likeness (QED) is 0.728. The summed E-state index contributed by atoms with van der Waals surface area (Å²) in [6.45, 7) is 3.68. The van der Waals surface area contributed by atoms with E-state index in [-0.39, 0.29) is 12.5 Å². The second-order valence-electron chi connectivity index (χ2n) is 5.31. The SMILES string of the molecule is CC(C)CC(O)CNC(=O)Nc1ccc(F)cc1C(F)(F)F. The first kappa shape index (κ1) is 18.2. The Morgan fingerprint density at radius 1 is 1.32 bits per heavy atom. The summed E-state index contributed by atoms with van der Waals surface area (Å²) in [7, 11) is 0. The fraction of sp³-hybridized carbons (Fsp3) is 0.500. The number of aliphatic hydroxyl groups excluding tert-OH is 1. The molecule has 1 atom stereocenters. The zero-order chi connectivity index (χ0) is 16.9. The van der Waals surface area contributed by atoms with E-state index in [9.17, 15) is 27.5 Å². The Balaban J connectivity index is 2.69. The van der Waals surface area contributed by atoms with Crippen LogP contribution in [0.5, 0.6) is 0 Å². The molecule has 1 aromatic rings. The number of anilines is 1. The van der Waals surface area contributed by atoms with Crippen molar-refractivity contribution < 1.29 is 27.5 Å². The lowest BCUT2D eigenvalue weighted by molar-refractivity contribution is -0.137. The highest BCUT2D eigenvalue weighted by molar-refractivity contribution is 5.90. The van der Waals surface area contributed by atoms with Crippen LogP contribution in [0.3, 0.4) is 0 Å². The van der Waals surface area contributed by atoms with Gasteiger partial charge >= 0.3 is 12.2 Å². The number of aliphatic hydroxyl groups is 1. The van der Waals surface area contributed by atoms with Crippen LogP contribution in [0.2, 0.25) is 0 Å². The van der Waals surface area contributed by atoms with Crippen molar-refractivity contribution in [2.24, 2.45) is 5.92 Å². The molecule has 0 aliphatic rings. The number of urea groups is 1. The van der Waals surface area contributed by atoms with E-state index in [4.69, 9.17) is 0 Å². The fourth-order valence-electron chi connectivity index (χ4n) is 1.86. The minimum atomic E-state index is -4.79. The number of nitrogens with one attached hydrogen (secondary N) is 2. The van der Waals surface area contributed by atoms with Crippen LogP contribution in [0.1, 0.15) is 25.8 Å². The van der Waals surface area contributed by atoms with E-state index in [1.54, 1.807) is 0 Å². The number of benzene rings is 1. The van der Waals surface area contributed by atoms with Crippen molar-refractivity contribution in [1.82, 2.24) is 5.32 Å². The Kier molecular flexibility index (Phi) is 6.16. The number of rotatable bonds is 5. The van der Waals surface area contributed by atoms with Gasteiger partial charge in [-0.05, 0) is 30.5 Å². The van der Waals surface area contributed by atoms with Crippen molar-refractivity contribution in [2.45, 2.75) is 32.5 Å². The lowest BCUT2D eigenvalue weighted by Gasteiger charge is -2.16. The largest absolute Gasteiger partial charge is 0.418 e. The topological polar surface area (TPSA) is 61.4 Å². The number of halogens is 4. The summed E-state index contributed by atoms with van der Waals surface area (Å²) in [4.78, 5) is 11.6. The number of amides is 2. The van der Waals surface area contributed by atoms with Gasteiger partial charge in [-0.2, -0.15) is 13.2 Å². The molecule has 0 saturated heterocycles. The lowest BCUT2D eigenvalue weighted by atomic mass is 10.1. The molecule has 0 aromatic heterocycles. The molecule has 0 aliphatic heterocycles. The van der Waals surface area contributed by atoms with Crippen LogP contribution in [-0.2, 0) is 6.18 Å². The molecule has 0 spiro atoms. The summed E-state index contributed by atoms with van der Waals surface area (Å²) in [5.74, 6) is -0.834.